The van der Waals surface area contributed by atoms with Crippen LogP contribution < -0.4 is 5.32 Å². The normalized spacial score (nSPS) is 16.8. The van der Waals surface area contributed by atoms with Gasteiger partial charge in [-0.25, -0.2) is 0 Å². The first-order chi connectivity index (χ1) is 13.0. The number of hydrogen-bond acceptors (Lipinski definition) is 4. The molecule has 7 heteroatoms. The number of nitrogens with zero attached hydrogens (tertiary/aromatic N) is 4. The summed E-state index contributed by atoms with van der Waals surface area (Å²) in [5.41, 5.74) is 4.08. The summed E-state index contributed by atoms with van der Waals surface area (Å²) in [4.78, 5) is 30.7. The quantitative estimate of drug-likeness (QED) is 0.809. The van der Waals surface area contributed by atoms with Crippen molar-refractivity contribution in [2.24, 2.45) is 5.92 Å². The van der Waals surface area contributed by atoms with E-state index >= 15 is 0 Å². The number of aryl methyl sites for hydroxylation is 2. The number of likely N-dealkylation sites (tertiary alicyclic amines) is 1. The average Bonchev–Trinajstić information content (AvgIpc) is 3.14. The van der Waals surface area contributed by atoms with Crippen LogP contribution in [0.5, 0.6) is 0 Å². The molecule has 2 aromatic rings. The second-order valence-corrected chi connectivity index (χ2v) is 7.13. The maximum atomic E-state index is 12.6. The Kier molecular flexibility index (Phi) is 5.88. The lowest BCUT2D eigenvalue weighted by Crippen LogP contribution is -2.32. The number of carbonyl (C=O) groups excluding carboxylic acids is 2. The average molecular weight is 369 g/mol. The number of pyridine rings is 1. The minimum absolute atomic E-state index is 0.0159. The van der Waals surface area contributed by atoms with Crippen LogP contribution in [-0.2, 0) is 29.2 Å². The zero-order valence-electron chi connectivity index (χ0n) is 16.2. The largest absolute Gasteiger partial charge is 0.352 e. The van der Waals surface area contributed by atoms with Crippen molar-refractivity contribution in [1.82, 2.24) is 25.0 Å². The summed E-state index contributed by atoms with van der Waals surface area (Å²) in [5, 5.41) is 7.54. The van der Waals surface area contributed by atoms with Crippen molar-refractivity contribution in [1.29, 1.82) is 0 Å². The second-order valence-electron chi connectivity index (χ2n) is 7.13. The van der Waals surface area contributed by atoms with E-state index < -0.39 is 0 Å². The van der Waals surface area contributed by atoms with Crippen LogP contribution in [0.2, 0.25) is 0 Å². The number of hydrogen-bond donors (Lipinski definition) is 1. The van der Waals surface area contributed by atoms with Crippen molar-refractivity contribution in [3.8, 4) is 0 Å². The van der Waals surface area contributed by atoms with Gasteiger partial charge in [0.05, 0.1) is 11.6 Å². The smallest absolute Gasteiger partial charge is 0.225 e. The van der Waals surface area contributed by atoms with Gasteiger partial charge in [0.2, 0.25) is 11.8 Å². The number of amides is 2. The van der Waals surface area contributed by atoms with E-state index in [-0.39, 0.29) is 24.2 Å². The Balaban J connectivity index is 1.57. The van der Waals surface area contributed by atoms with Crippen LogP contribution in [0.25, 0.3) is 0 Å². The fraction of sp³-hybridized carbons (Fsp3) is 0.500. The zero-order valence-corrected chi connectivity index (χ0v) is 16.2. The van der Waals surface area contributed by atoms with E-state index in [0.717, 1.165) is 35.5 Å². The number of aromatic nitrogens is 3. The van der Waals surface area contributed by atoms with Gasteiger partial charge in [0.15, 0.2) is 0 Å². The monoisotopic (exact) mass is 369 g/mol. The minimum Gasteiger partial charge on any atom is -0.352 e. The summed E-state index contributed by atoms with van der Waals surface area (Å²) in [7, 11) is 0. The van der Waals surface area contributed by atoms with Gasteiger partial charge < -0.3 is 10.2 Å². The fourth-order valence-electron chi connectivity index (χ4n) is 3.55. The Morgan fingerprint density at radius 1 is 1.37 bits per heavy atom. The van der Waals surface area contributed by atoms with Gasteiger partial charge in [-0.3, -0.25) is 19.3 Å². The molecule has 0 aliphatic carbocycles. The van der Waals surface area contributed by atoms with Gasteiger partial charge in [-0.2, -0.15) is 5.10 Å². The SMILES string of the molecule is CCCn1nc(C)c(CNC(=O)[C@@H]2CC(=O)N(Cc3cccnc3)C2)c1C. The highest BCUT2D eigenvalue weighted by atomic mass is 16.2. The standard InChI is InChI=1S/C20H27N5O2/c1-4-8-25-15(3)18(14(2)23-25)11-22-20(27)17-9-19(26)24(13-17)12-16-6-5-7-21-10-16/h5-7,10,17H,4,8-9,11-13H2,1-3H3,(H,22,27)/t17-/m1/s1. The lowest BCUT2D eigenvalue weighted by molar-refractivity contribution is -0.129. The molecular weight excluding hydrogens is 342 g/mol. The molecular formula is C20H27N5O2. The van der Waals surface area contributed by atoms with E-state index in [4.69, 9.17) is 0 Å². The number of rotatable bonds is 7. The zero-order chi connectivity index (χ0) is 19.4. The summed E-state index contributed by atoms with van der Waals surface area (Å²) < 4.78 is 1.99. The summed E-state index contributed by atoms with van der Waals surface area (Å²) in [5.74, 6) is -0.360. The molecule has 0 saturated carbocycles. The molecule has 27 heavy (non-hydrogen) atoms. The van der Waals surface area contributed by atoms with E-state index in [1.807, 2.05) is 30.7 Å². The van der Waals surface area contributed by atoms with Crippen molar-refractivity contribution >= 4 is 11.8 Å². The van der Waals surface area contributed by atoms with Gasteiger partial charge in [0.1, 0.15) is 0 Å². The Labute approximate surface area is 159 Å². The van der Waals surface area contributed by atoms with Crippen LogP contribution in [0.4, 0.5) is 0 Å². The molecule has 1 fully saturated rings. The molecule has 1 saturated heterocycles. The van der Waals surface area contributed by atoms with Gasteiger partial charge in [-0.05, 0) is 31.9 Å². The first-order valence-electron chi connectivity index (χ1n) is 9.46. The predicted octanol–water partition coefficient (Wildman–Crippen LogP) is 1.97. The number of carbonyl (C=O) groups is 2. The minimum atomic E-state index is -0.305. The van der Waals surface area contributed by atoms with Gasteiger partial charge >= 0.3 is 0 Å². The first kappa shape index (κ1) is 19.1. The Hall–Kier alpha value is -2.70. The summed E-state index contributed by atoms with van der Waals surface area (Å²) in [6.07, 6.45) is 4.74. The van der Waals surface area contributed by atoms with E-state index in [9.17, 15) is 9.59 Å². The third-order valence-electron chi connectivity index (χ3n) is 5.09. The molecule has 144 valence electrons. The van der Waals surface area contributed by atoms with Crippen LogP contribution in [0.3, 0.4) is 0 Å². The van der Waals surface area contributed by atoms with Crippen LogP contribution >= 0.6 is 0 Å². The molecule has 0 radical (unpaired) electrons. The van der Waals surface area contributed by atoms with Crippen LogP contribution in [0.15, 0.2) is 24.5 Å². The maximum Gasteiger partial charge on any atom is 0.225 e. The molecule has 0 aromatic carbocycles. The molecule has 2 amide bonds. The molecule has 2 aromatic heterocycles. The molecule has 0 spiro atoms. The Morgan fingerprint density at radius 3 is 2.89 bits per heavy atom. The molecule has 1 aliphatic heterocycles. The molecule has 0 unspecified atom stereocenters. The van der Waals surface area contributed by atoms with E-state index in [0.29, 0.717) is 19.6 Å². The van der Waals surface area contributed by atoms with Crippen LogP contribution in [-0.4, -0.2) is 38.0 Å². The highest BCUT2D eigenvalue weighted by molar-refractivity contribution is 5.89. The van der Waals surface area contributed by atoms with Crippen molar-refractivity contribution in [2.75, 3.05) is 6.54 Å². The fourth-order valence-corrected chi connectivity index (χ4v) is 3.55. The summed E-state index contributed by atoms with van der Waals surface area (Å²) in [6, 6.07) is 3.79. The lowest BCUT2D eigenvalue weighted by Gasteiger charge is -2.16. The summed E-state index contributed by atoms with van der Waals surface area (Å²) in [6.45, 7) is 8.40. The lowest BCUT2D eigenvalue weighted by atomic mass is 10.1. The molecule has 1 N–H and O–H groups in total. The van der Waals surface area contributed by atoms with Crippen molar-refractivity contribution in [3.63, 3.8) is 0 Å². The van der Waals surface area contributed by atoms with E-state index in [1.165, 1.54) is 0 Å². The van der Waals surface area contributed by atoms with Crippen LogP contribution in [0, 0.1) is 19.8 Å². The highest BCUT2D eigenvalue weighted by Crippen LogP contribution is 2.21. The third kappa shape index (κ3) is 4.35. The molecule has 1 atom stereocenters. The molecule has 7 nitrogen and oxygen atoms in total. The Morgan fingerprint density at radius 2 is 2.19 bits per heavy atom. The number of nitrogens with one attached hydrogen (secondary N) is 1. The highest BCUT2D eigenvalue weighted by Gasteiger charge is 2.34. The van der Waals surface area contributed by atoms with Crippen molar-refractivity contribution in [3.05, 3.63) is 47.0 Å². The molecule has 0 bridgehead atoms. The summed E-state index contributed by atoms with van der Waals surface area (Å²) >= 11 is 0. The maximum absolute atomic E-state index is 12.6. The Bertz CT molecular complexity index is 815. The van der Waals surface area contributed by atoms with E-state index in [2.05, 4.69) is 22.3 Å². The van der Waals surface area contributed by atoms with E-state index in [1.54, 1.807) is 17.3 Å². The molecule has 1 aliphatic rings. The second kappa shape index (κ2) is 8.33. The van der Waals surface area contributed by atoms with Gasteiger partial charge in [-0.1, -0.05) is 13.0 Å². The van der Waals surface area contributed by atoms with Crippen molar-refractivity contribution < 1.29 is 9.59 Å². The molecule has 3 heterocycles. The van der Waals surface area contributed by atoms with Crippen LogP contribution in [0.1, 0.15) is 42.3 Å². The van der Waals surface area contributed by atoms with Gasteiger partial charge in [0, 0.05) is 56.3 Å². The van der Waals surface area contributed by atoms with Crippen molar-refractivity contribution in [2.45, 2.75) is 53.2 Å². The van der Waals surface area contributed by atoms with Gasteiger partial charge in [0.25, 0.3) is 0 Å². The predicted molar refractivity (Wildman–Crippen MR) is 102 cm³/mol. The topological polar surface area (TPSA) is 80.1 Å². The van der Waals surface area contributed by atoms with Gasteiger partial charge in [-0.15, -0.1) is 0 Å². The molecule has 3 rings (SSSR count). The third-order valence-corrected chi connectivity index (χ3v) is 5.09. The first-order valence-corrected chi connectivity index (χ1v) is 9.46.